The predicted octanol–water partition coefficient (Wildman–Crippen LogP) is 4.41. The van der Waals surface area contributed by atoms with Crippen molar-refractivity contribution >= 4 is 31.9 Å². The number of halogens is 2. The fourth-order valence-electron chi connectivity index (χ4n) is 1.29. The van der Waals surface area contributed by atoms with Gasteiger partial charge in [0, 0.05) is 16.2 Å². The van der Waals surface area contributed by atoms with Crippen molar-refractivity contribution in [3.63, 3.8) is 0 Å². The van der Waals surface area contributed by atoms with Crippen molar-refractivity contribution in [1.82, 2.24) is 4.98 Å². The van der Waals surface area contributed by atoms with Crippen LogP contribution in [0.4, 0.5) is 0 Å². The highest BCUT2D eigenvalue weighted by atomic mass is 79.9. The Hall–Kier alpha value is -1.07. The van der Waals surface area contributed by atoms with Gasteiger partial charge in [0.15, 0.2) is 0 Å². The summed E-state index contributed by atoms with van der Waals surface area (Å²) in [5, 5.41) is 9.57. The van der Waals surface area contributed by atoms with Gasteiger partial charge >= 0.3 is 0 Å². The second-order valence-corrected chi connectivity index (χ2v) is 5.21. The van der Waals surface area contributed by atoms with Crippen LogP contribution < -0.4 is 4.74 Å². The third-order valence-electron chi connectivity index (χ3n) is 2.24. The van der Waals surface area contributed by atoms with E-state index in [0.717, 1.165) is 8.95 Å². The Morgan fingerprint density at radius 1 is 1.29 bits per heavy atom. The SMILES string of the molecule is Cc1c(O)cccc1Oc1ncc(Br)cc1Br. The van der Waals surface area contributed by atoms with Gasteiger partial charge in [0.05, 0.1) is 4.47 Å². The van der Waals surface area contributed by atoms with E-state index in [1.54, 1.807) is 31.3 Å². The maximum absolute atomic E-state index is 9.57. The van der Waals surface area contributed by atoms with Gasteiger partial charge in [0.1, 0.15) is 11.5 Å². The summed E-state index contributed by atoms with van der Waals surface area (Å²) in [6.45, 7) is 1.79. The minimum atomic E-state index is 0.204. The zero-order valence-corrected chi connectivity index (χ0v) is 12.1. The second-order valence-electron chi connectivity index (χ2n) is 3.44. The van der Waals surface area contributed by atoms with E-state index in [9.17, 15) is 5.11 Å². The highest BCUT2D eigenvalue weighted by Gasteiger charge is 2.09. The van der Waals surface area contributed by atoms with Gasteiger partial charge in [-0.1, -0.05) is 6.07 Å². The summed E-state index contributed by atoms with van der Waals surface area (Å²) in [7, 11) is 0. The molecular formula is C12H9Br2NO2. The van der Waals surface area contributed by atoms with Crippen LogP contribution >= 0.6 is 31.9 Å². The molecule has 0 aliphatic rings. The number of ether oxygens (including phenoxy) is 1. The van der Waals surface area contributed by atoms with Gasteiger partial charge in [-0.15, -0.1) is 0 Å². The first kappa shape index (κ1) is 12.4. The quantitative estimate of drug-likeness (QED) is 0.864. The number of hydrogen-bond acceptors (Lipinski definition) is 3. The largest absolute Gasteiger partial charge is 0.508 e. The Balaban J connectivity index is 2.35. The maximum Gasteiger partial charge on any atom is 0.233 e. The van der Waals surface area contributed by atoms with E-state index in [4.69, 9.17) is 4.74 Å². The van der Waals surface area contributed by atoms with E-state index >= 15 is 0 Å². The smallest absolute Gasteiger partial charge is 0.233 e. The van der Waals surface area contributed by atoms with Gasteiger partial charge in [-0.3, -0.25) is 0 Å². The minimum Gasteiger partial charge on any atom is -0.508 e. The van der Waals surface area contributed by atoms with Gasteiger partial charge in [-0.2, -0.15) is 0 Å². The first-order valence-electron chi connectivity index (χ1n) is 4.85. The van der Waals surface area contributed by atoms with Crippen LogP contribution in [0, 0.1) is 6.92 Å². The number of pyridine rings is 1. The van der Waals surface area contributed by atoms with E-state index in [2.05, 4.69) is 36.8 Å². The minimum absolute atomic E-state index is 0.204. The zero-order valence-electron chi connectivity index (χ0n) is 8.95. The third-order valence-corrected chi connectivity index (χ3v) is 3.24. The maximum atomic E-state index is 9.57. The standard InChI is InChI=1S/C12H9Br2NO2/c1-7-10(16)3-2-4-11(7)17-12-9(14)5-8(13)6-15-12/h2-6,16H,1H3. The fourth-order valence-corrected chi connectivity index (χ4v) is 2.36. The number of hydrogen-bond donors (Lipinski definition) is 1. The molecular weight excluding hydrogens is 350 g/mol. The fraction of sp³-hybridized carbons (Fsp3) is 0.0833. The summed E-state index contributed by atoms with van der Waals surface area (Å²) in [5.41, 5.74) is 0.684. The van der Waals surface area contributed by atoms with E-state index < -0.39 is 0 Å². The molecule has 0 fully saturated rings. The number of benzene rings is 1. The highest BCUT2D eigenvalue weighted by Crippen LogP contribution is 2.33. The molecule has 0 atom stereocenters. The molecule has 1 N–H and O–H groups in total. The molecule has 0 radical (unpaired) electrons. The number of rotatable bonds is 2. The van der Waals surface area contributed by atoms with Gasteiger partial charge < -0.3 is 9.84 Å². The van der Waals surface area contributed by atoms with Crippen LogP contribution in [0.25, 0.3) is 0 Å². The predicted molar refractivity (Wildman–Crippen MR) is 72.6 cm³/mol. The Labute approximate surface area is 116 Å². The number of nitrogens with zero attached hydrogens (tertiary/aromatic N) is 1. The first-order chi connectivity index (χ1) is 8.08. The molecule has 3 nitrogen and oxygen atoms in total. The van der Waals surface area contributed by atoms with Crippen molar-refractivity contribution in [3.05, 3.63) is 45.0 Å². The van der Waals surface area contributed by atoms with E-state index in [1.807, 2.05) is 6.07 Å². The summed E-state index contributed by atoms with van der Waals surface area (Å²) in [6.07, 6.45) is 1.65. The molecule has 0 aliphatic carbocycles. The van der Waals surface area contributed by atoms with Gasteiger partial charge in [0.25, 0.3) is 0 Å². The molecule has 0 saturated heterocycles. The lowest BCUT2D eigenvalue weighted by atomic mass is 10.2. The lowest BCUT2D eigenvalue weighted by Crippen LogP contribution is -1.91. The van der Waals surface area contributed by atoms with Crippen LogP contribution in [0.15, 0.2) is 39.4 Å². The van der Waals surface area contributed by atoms with Crippen LogP contribution in [0.3, 0.4) is 0 Å². The van der Waals surface area contributed by atoms with Crippen LogP contribution in [0.2, 0.25) is 0 Å². The van der Waals surface area contributed by atoms with Crippen molar-refractivity contribution in [2.45, 2.75) is 6.92 Å². The molecule has 1 heterocycles. The highest BCUT2D eigenvalue weighted by molar-refractivity contribution is 9.11. The van der Waals surface area contributed by atoms with Crippen molar-refractivity contribution < 1.29 is 9.84 Å². The molecule has 0 aliphatic heterocycles. The molecule has 0 amide bonds. The summed E-state index contributed by atoms with van der Waals surface area (Å²) >= 11 is 6.69. The summed E-state index contributed by atoms with van der Waals surface area (Å²) in [4.78, 5) is 4.15. The van der Waals surface area contributed by atoms with Gasteiger partial charge in [-0.25, -0.2) is 4.98 Å². The molecule has 88 valence electrons. The second kappa shape index (κ2) is 5.06. The molecule has 5 heteroatoms. The van der Waals surface area contributed by atoms with Crippen molar-refractivity contribution in [3.8, 4) is 17.4 Å². The van der Waals surface area contributed by atoms with E-state index in [1.165, 1.54) is 0 Å². The zero-order chi connectivity index (χ0) is 12.4. The number of aromatic nitrogens is 1. The Morgan fingerprint density at radius 2 is 2.06 bits per heavy atom. The van der Waals surface area contributed by atoms with E-state index in [-0.39, 0.29) is 5.75 Å². The molecule has 0 spiro atoms. The van der Waals surface area contributed by atoms with Crippen LogP contribution in [0.5, 0.6) is 17.4 Å². The van der Waals surface area contributed by atoms with Crippen molar-refractivity contribution in [1.29, 1.82) is 0 Å². The molecule has 0 bridgehead atoms. The van der Waals surface area contributed by atoms with Crippen LogP contribution in [-0.4, -0.2) is 10.1 Å². The summed E-state index contributed by atoms with van der Waals surface area (Å²) < 4.78 is 7.25. The Bertz CT molecular complexity index is 558. The van der Waals surface area contributed by atoms with Gasteiger partial charge in [0.2, 0.25) is 5.88 Å². The molecule has 17 heavy (non-hydrogen) atoms. The number of phenolic OH excluding ortho intramolecular Hbond substituents is 1. The molecule has 0 saturated carbocycles. The Kier molecular flexibility index (Phi) is 3.69. The third kappa shape index (κ3) is 2.79. The average Bonchev–Trinajstić information content (AvgIpc) is 2.28. The molecule has 1 aromatic heterocycles. The monoisotopic (exact) mass is 357 g/mol. The number of aromatic hydroxyl groups is 1. The lowest BCUT2D eigenvalue weighted by Gasteiger charge is -2.10. The topological polar surface area (TPSA) is 42.4 Å². The summed E-state index contributed by atoms with van der Waals surface area (Å²) in [6, 6.07) is 6.97. The van der Waals surface area contributed by atoms with Crippen LogP contribution in [0.1, 0.15) is 5.56 Å². The average molecular weight is 359 g/mol. The molecule has 0 unspecified atom stereocenters. The van der Waals surface area contributed by atoms with Gasteiger partial charge in [-0.05, 0) is 57.0 Å². The van der Waals surface area contributed by atoms with E-state index in [0.29, 0.717) is 17.2 Å². The summed E-state index contributed by atoms with van der Waals surface area (Å²) in [5.74, 6) is 1.25. The number of phenols is 1. The van der Waals surface area contributed by atoms with Crippen LogP contribution in [-0.2, 0) is 0 Å². The van der Waals surface area contributed by atoms with Crippen molar-refractivity contribution in [2.24, 2.45) is 0 Å². The normalized spacial score (nSPS) is 10.3. The van der Waals surface area contributed by atoms with Crippen molar-refractivity contribution in [2.75, 3.05) is 0 Å². The lowest BCUT2D eigenvalue weighted by molar-refractivity contribution is 0.437. The molecule has 2 aromatic rings. The molecule has 2 rings (SSSR count). The first-order valence-corrected chi connectivity index (χ1v) is 6.44. The molecule has 1 aromatic carbocycles. The Morgan fingerprint density at radius 3 is 2.76 bits per heavy atom.